The van der Waals surface area contributed by atoms with Gasteiger partial charge in [-0.3, -0.25) is 14.5 Å². The molecule has 1 aliphatic carbocycles. The first-order chi connectivity index (χ1) is 12.6. The van der Waals surface area contributed by atoms with Crippen LogP contribution in [0.2, 0.25) is 0 Å². The molecule has 1 saturated carbocycles. The molecule has 6 heteroatoms. The SMILES string of the molecule is Cc1cc[nH]c(=O)c1C(=O)Nc1ccc(N2CCN(C3CC3)CC2)cc1. The van der Waals surface area contributed by atoms with Crippen LogP contribution < -0.4 is 15.8 Å². The molecule has 1 aliphatic heterocycles. The zero-order valence-electron chi connectivity index (χ0n) is 15.0. The van der Waals surface area contributed by atoms with Crippen LogP contribution in [-0.2, 0) is 0 Å². The summed E-state index contributed by atoms with van der Waals surface area (Å²) in [4.78, 5) is 31.8. The Bertz CT molecular complexity index is 847. The number of rotatable bonds is 4. The van der Waals surface area contributed by atoms with Gasteiger partial charge in [0.2, 0.25) is 0 Å². The van der Waals surface area contributed by atoms with Crippen LogP contribution in [0.3, 0.4) is 0 Å². The van der Waals surface area contributed by atoms with E-state index in [0.717, 1.165) is 32.2 Å². The molecule has 1 saturated heterocycles. The lowest BCUT2D eigenvalue weighted by atomic mass is 10.1. The smallest absolute Gasteiger partial charge is 0.261 e. The summed E-state index contributed by atoms with van der Waals surface area (Å²) in [6.07, 6.45) is 4.27. The molecule has 2 N–H and O–H groups in total. The highest BCUT2D eigenvalue weighted by atomic mass is 16.2. The van der Waals surface area contributed by atoms with Crippen LogP contribution in [-0.4, -0.2) is 48.0 Å². The summed E-state index contributed by atoms with van der Waals surface area (Å²) in [7, 11) is 0. The van der Waals surface area contributed by atoms with Gasteiger partial charge in [0.1, 0.15) is 5.56 Å². The van der Waals surface area contributed by atoms with E-state index in [4.69, 9.17) is 0 Å². The molecule has 4 rings (SSSR count). The summed E-state index contributed by atoms with van der Waals surface area (Å²) >= 11 is 0. The Morgan fingerprint density at radius 2 is 1.77 bits per heavy atom. The lowest BCUT2D eigenvalue weighted by molar-refractivity contribution is 0.102. The highest BCUT2D eigenvalue weighted by molar-refractivity contribution is 6.05. The molecular formula is C20H24N4O2. The summed E-state index contributed by atoms with van der Waals surface area (Å²) in [5, 5.41) is 2.81. The number of carbonyl (C=O) groups is 1. The third-order valence-electron chi connectivity index (χ3n) is 5.26. The van der Waals surface area contributed by atoms with Gasteiger partial charge in [-0.15, -0.1) is 0 Å². The molecule has 26 heavy (non-hydrogen) atoms. The normalized spacial score (nSPS) is 18.0. The van der Waals surface area contributed by atoms with Gasteiger partial charge in [0.15, 0.2) is 0 Å². The van der Waals surface area contributed by atoms with E-state index in [1.807, 2.05) is 24.3 Å². The Balaban J connectivity index is 1.40. The standard InChI is InChI=1S/C20H24N4O2/c1-14-8-9-21-19(25)18(14)20(26)22-15-2-4-16(5-3-15)23-10-12-24(13-11-23)17-6-7-17/h2-5,8-9,17H,6-7,10-13H2,1H3,(H,21,25)(H,22,26). The summed E-state index contributed by atoms with van der Waals surface area (Å²) in [6, 6.07) is 10.4. The largest absolute Gasteiger partial charge is 0.369 e. The molecule has 1 amide bonds. The first kappa shape index (κ1) is 16.8. The van der Waals surface area contributed by atoms with E-state index in [0.29, 0.717) is 11.3 Å². The van der Waals surface area contributed by atoms with E-state index < -0.39 is 0 Å². The number of H-pyrrole nitrogens is 1. The van der Waals surface area contributed by atoms with Gasteiger partial charge in [-0.25, -0.2) is 0 Å². The van der Waals surface area contributed by atoms with Crippen molar-refractivity contribution in [3.05, 3.63) is 58.0 Å². The number of nitrogens with one attached hydrogen (secondary N) is 2. The lowest BCUT2D eigenvalue weighted by Gasteiger charge is -2.36. The lowest BCUT2D eigenvalue weighted by Crippen LogP contribution is -2.47. The van der Waals surface area contributed by atoms with Crippen molar-refractivity contribution in [3.8, 4) is 0 Å². The fraction of sp³-hybridized carbons (Fsp3) is 0.400. The Labute approximate surface area is 152 Å². The minimum absolute atomic E-state index is 0.160. The molecule has 0 bridgehead atoms. The molecule has 0 atom stereocenters. The topological polar surface area (TPSA) is 68.4 Å². The van der Waals surface area contributed by atoms with E-state index in [2.05, 4.69) is 20.1 Å². The van der Waals surface area contributed by atoms with Gasteiger partial charge in [0.25, 0.3) is 11.5 Å². The van der Waals surface area contributed by atoms with E-state index >= 15 is 0 Å². The van der Waals surface area contributed by atoms with Crippen LogP contribution in [0, 0.1) is 6.92 Å². The van der Waals surface area contributed by atoms with E-state index in [9.17, 15) is 9.59 Å². The number of carbonyl (C=O) groups excluding carboxylic acids is 1. The van der Waals surface area contributed by atoms with Crippen molar-refractivity contribution in [1.29, 1.82) is 0 Å². The fourth-order valence-corrected chi connectivity index (χ4v) is 3.59. The summed E-state index contributed by atoms with van der Waals surface area (Å²) < 4.78 is 0. The number of amides is 1. The molecule has 0 spiro atoms. The molecule has 0 unspecified atom stereocenters. The highest BCUT2D eigenvalue weighted by Crippen LogP contribution is 2.28. The Kier molecular flexibility index (Phi) is 4.51. The van der Waals surface area contributed by atoms with Crippen molar-refractivity contribution in [2.75, 3.05) is 36.4 Å². The third-order valence-corrected chi connectivity index (χ3v) is 5.26. The zero-order chi connectivity index (χ0) is 18.1. The number of hydrogen-bond donors (Lipinski definition) is 2. The Hall–Kier alpha value is -2.60. The number of aromatic nitrogens is 1. The summed E-state index contributed by atoms with van der Waals surface area (Å²) in [5.74, 6) is -0.379. The number of aryl methyl sites for hydroxylation is 1. The van der Waals surface area contributed by atoms with Crippen molar-refractivity contribution in [2.45, 2.75) is 25.8 Å². The minimum atomic E-state index is -0.379. The average Bonchev–Trinajstić information content (AvgIpc) is 3.48. The predicted molar refractivity (Wildman–Crippen MR) is 103 cm³/mol. The van der Waals surface area contributed by atoms with Gasteiger partial charge < -0.3 is 15.2 Å². The maximum absolute atomic E-state index is 12.4. The minimum Gasteiger partial charge on any atom is -0.369 e. The van der Waals surface area contributed by atoms with E-state index in [1.54, 1.807) is 19.2 Å². The Morgan fingerprint density at radius 3 is 2.38 bits per heavy atom. The van der Waals surface area contributed by atoms with Crippen LogP contribution >= 0.6 is 0 Å². The second kappa shape index (κ2) is 6.96. The molecule has 2 heterocycles. The molecule has 6 nitrogen and oxygen atoms in total. The molecular weight excluding hydrogens is 328 g/mol. The molecule has 0 radical (unpaired) electrons. The first-order valence-electron chi connectivity index (χ1n) is 9.20. The third kappa shape index (κ3) is 3.51. The van der Waals surface area contributed by atoms with Crippen LogP contribution in [0.25, 0.3) is 0 Å². The van der Waals surface area contributed by atoms with Crippen LogP contribution in [0.1, 0.15) is 28.8 Å². The predicted octanol–water partition coefficient (Wildman–Crippen LogP) is 2.22. The molecule has 2 fully saturated rings. The van der Waals surface area contributed by atoms with Crippen molar-refractivity contribution < 1.29 is 4.79 Å². The first-order valence-corrected chi connectivity index (χ1v) is 9.20. The monoisotopic (exact) mass is 352 g/mol. The van der Waals surface area contributed by atoms with Crippen molar-refractivity contribution in [3.63, 3.8) is 0 Å². The highest BCUT2D eigenvalue weighted by Gasteiger charge is 2.31. The van der Waals surface area contributed by atoms with Gasteiger partial charge in [-0.1, -0.05) is 0 Å². The summed E-state index contributed by atoms with van der Waals surface area (Å²) in [6.45, 7) is 6.09. The number of pyridine rings is 1. The molecule has 2 aromatic rings. The number of benzene rings is 1. The number of aromatic amines is 1. The van der Waals surface area contributed by atoms with Gasteiger partial charge in [0.05, 0.1) is 0 Å². The van der Waals surface area contributed by atoms with Crippen LogP contribution in [0.5, 0.6) is 0 Å². The average molecular weight is 352 g/mol. The van der Waals surface area contributed by atoms with Crippen molar-refractivity contribution in [2.24, 2.45) is 0 Å². The number of anilines is 2. The molecule has 2 aliphatic rings. The van der Waals surface area contributed by atoms with Crippen molar-refractivity contribution >= 4 is 17.3 Å². The molecule has 136 valence electrons. The Morgan fingerprint density at radius 1 is 1.08 bits per heavy atom. The van der Waals surface area contributed by atoms with Crippen LogP contribution in [0.15, 0.2) is 41.3 Å². The van der Waals surface area contributed by atoms with Gasteiger partial charge in [0, 0.05) is 49.8 Å². The zero-order valence-corrected chi connectivity index (χ0v) is 15.0. The van der Waals surface area contributed by atoms with Gasteiger partial charge in [-0.05, 0) is 55.7 Å². The second-order valence-electron chi connectivity index (χ2n) is 7.12. The maximum Gasteiger partial charge on any atom is 0.261 e. The van der Waals surface area contributed by atoms with E-state index in [1.165, 1.54) is 18.5 Å². The van der Waals surface area contributed by atoms with Crippen molar-refractivity contribution in [1.82, 2.24) is 9.88 Å². The van der Waals surface area contributed by atoms with Gasteiger partial charge in [-0.2, -0.15) is 0 Å². The van der Waals surface area contributed by atoms with E-state index in [-0.39, 0.29) is 17.0 Å². The number of piperazine rings is 1. The van der Waals surface area contributed by atoms with Crippen LogP contribution in [0.4, 0.5) is 11.4 Å². The summed E-state index contributed by atoms with van der Waals surface area (Å²) in [5.41, 5.74) is 2.32. The van der Waals surface area contributed by atoms with Gasteiger partial charge >= 0.3 is 0 Å². The quantitative estimate of drug-likeness (QED) is 0.885. The number of hydrogen-bond acceptors (Lipinski definition) is 4. The second-order valence-corrected chi connectivity index (χ2v) is 7.12. The fourth-order valence-electron chi connectivity index (χ4n) is 3.59. The number of nitrogens with zero attached hydrogens (tertiary/aromatic N) is 2. The molecule has 1 aromatic carbocycles. The molecule has 1 aromatic heterocycles. The maximum atomic E-state index is 12.4.